The van der Waals surface area contributed by atoms with Gasteiger partial charge in [0.1, 0.15) is 0 Å². The lowest BCUT2D eigenvalue weighted by molar-refractivity contribution is 0.0698. The molecular weight excluding hydrogens is 292 g/mol. The number of carboxylic acids is 1. The summed E-state index contributed by atoms with van der Waals surface area (Å²) in [5, 5.41) is 9.23. The summed E-state index contributed by atoms with van der Waals surface area (Å²) in [6.07, 6.45) is 5.01. The standard InChI is InChI=1S/C17H14N4O2/c1-10-4-5-12(17(22)23)15(18)14(10)16-20-8-6-13(21-16)11-3-2-7-19-9-11/h2-9H,18H2,1H3,(H,22,23). The number of hydrogen-bond donors (Lipinski definition) is 2. The Bertz CT molecular complexity index is 879. The van der Waals surface area contributed by atoms with E-state index in [9.17, 15) is 9.90 Å². The molecule has 0 atom stereocenters. The SMILES string of the molecule is Cc1ccc(C(=O)O)c(N)c1-c1nccc(-c2cccnc2)n1. The third-order valence-corrected chi connectivity index (χ3v) is 3.52. The molecule has 114 valence electrons. The highest BCUT2D eigenvalue weighted by Gasteiger charge is 2.17. The molecule has 23 heavy (non-hydrogen) atoms. The first-order valence-corrected chi connectivity index (χ1v) is 6.94. The van der Waals surface area contributed by atoms with Crippen molar-refractivity contribution in [1.29, 1.82) is 0 Å². The van der Waals surface area contributed by atoms with Gasteiger partial charge in [-0.3, -0.25) is 4.98 Å². The van der Waals surface area contributed by atoms with Crippen LogP contribution >= 0.6 is 0 Å². The van der Waals surface area contributed by atoms with Crippen molar-refractivity contribution in [3.8, 4) is 22.6 Å². The number of aromatic nitrogens is 3. The number of rotatable bonds is 3. The van der Waals surface area contributed by atoms with E-state index >= 15 is 0 Å². The highest BCUT2D eigenvalue weighted by molar-refractivity contribution is 5.98. The molecule has 3 rings (SSSR count). The maximum atomic E-state index is 11.3. The Hall–Kier alpha value is -3.28. The minimum Gasteiger partial charge on any atom is -0.478 e. The van der Waals surface area contributed by atoms with Gasteiger partial charge in [-0.25, -0.2) is 14.8 Å². The quantitative estimate of drug-likeness (QED) is 0.721. The molecule has 2 aromatic heterocycles. The lowest BCUT2D eigenvalue weighted by Crippen LogP contribution is -2.06. The molecule has 3 aromatic rings. The van der Waals surface area contributed by atoms with Gasteiger partial charge in [0.05, 0.1) is 16.9 Å². The van der Waals surface area contributed by atoms with Gasteiger partial charge in [0.2, 0.25) is 0 Å². The van der Waals surface area contributed by atoms with Gasteiger partial charge in [0.25, 0.3) is 0 Å². The molecule has 6 nitrogen and oxygen atoms in total. The molecule has 0 aliphatic carbocycles. The van der Waals surface area contributed by atoms with E-state index in [-0.39, 0.29) is 11.3 Å². The highest BCUT2D eigenvalue weighted by atomic mass is 16.4. The summed E-state index contributed by atoms with van der Waals surface area (Å²) in [4.78, 5) is 24.1. The van der Waals surface area contributed by atoms with Crippen LogP contribution in [0.2, 0.25) is 0 Å². The minimum absolute atomic E-state index is 0.0426. The Balaban J connectivity index is 2.17. The van der Waals surface area contributed by atoms with Crippen molar-refractivity contribution < 1.29 is 9.90 Å². The smallest absolute Gasteiger partial charge is 0.337 e. The predicted molar refractivity (Wildman–Crippen MR) is 86.8 cm³/mol. The van der Waals surface area contributed by atoms with Crippen molar-refractivity contribution in [3.05, 3.63) is 60.0 Å². The molecule has 6 heteroatoms. The first-order chi connectivity index (χ1) is 11.1. The number of carboxylic acid groups (broad SMARTS) is 1. The number of anilines is 1. The van der Waals surface area contributed by atoms with Gasteiger partial charge in [0.15, 0.2) is 5.82 Å². The number of nitrogens with zero attached hydrogens (tertiary/aromatic N) is 3. The van der Waals surface area contributed by atoms with Crippen molar-refractivity contribution in [3.63, 3.8) is 0 Å². The monoisotopic (exact) mass is 306 g/mol. The first-order valence-electron chi connectivity index (χ1n) is 6.94. The predicted octanol–water partition coefficient (Wildman–Crippen LogP) is 2.79. The fourth-order valence-corrected chi connectivity index (χ4v) is 2.37. The van der Waals surface area contributed by atoms with Crippen LogP contribution in [0.4, 0.5) is 5.69 Å². The van der Waals surface area contributed by atoms with Gasteiger partial charge in [-0.2, -0.15) is 0 Å². The first kappa shape index (κ1) is 14.6. The van der Waals surface area contributed by atoms with Crippen LogP contribution < -0.4 is 5.73 Å². The van der Waals surface area contributed by atoms with E-state index in [0.717, 1.165) is 11.1 Å². The van der Waals surface area contributed by atoms with Crippen LogP contribution in [-0.4, -0.2) is 26.0 Å². The summed E-state index contributed by atoms with van der Waals surface area (Å²) >= 11 is 0. The lowest BCUT2D eigenvalue weighted by Gasteiger charge is -2.11. The Kier molecular flexibility index (Phi) is 3.72. The number of aromatic carboxylic acids is 1. The van der Waals surface area contributed by atoms with Gasteiger partial charge >= 0.3 is 5.97 Å². The van der Waals surface area contributed by atoms with Crippen molar-refractivity contribution in [2.45, 2.75) is 6.92 Å². The molecule has 0 spiro atoms. The van der Waals surface area contributed by atoms with Crippen LogP contribution in [0.3, 0.4) is 0 Å². The normalized spacial score (nSPS) is 10.5. The number of carbonyl (C=O) groups is 1. The Morgan fingerprint density at radius 1 is 1.17 bits per heavy atom. The van der Waals surface area contributed by atoms with Crippen LogP contribution in [0.1, 0.15) is 15.9 Å². The van der Waals surface area contributed by atoms with Crippen molar-refractivity contribution in [1.82, 2.24) is 15.0 Å². The Morgan fingerprint density at radius 3 is 2.70 bits per heavy atom. The van der Waals surface area contributed by atoms with Crippen molar-refractivity contribution in [2.24, 2.45) is 0 Å². The lowest BCUT2D eigenvalue weighted by atomic mass is 10.0. The number of hydrogen-bond acceptors (Lipinski definition) is 5. The number of pyridine rings is 1. The Labute approximate surface area is 132 Å². The zero-order valence-corrected chi connectivity index (χ0v) is 12.4. The fourth-order valence-electron chi connectivity index (χ4n) is 2.37. The maximum Gasteiger partial charge on any atom is 0.337 e. The molecule has 0 fully saturated rings. The molecule has 0 bridgehead atoms. The maximum absolute atomic E-state index is 11.3. The van der Waals surface area contributed by atoms with Crippen LogP contribution in [0.5, 0.6) is 0 Å². The molecular formula is C17H14N4O2. The van der Waals surface area contributed by atoms with E-state index in [1.807, 2.05) is 19.1 Å². The summed E-state index contributed by atoms with van der Waals surface area (Å²) in [6, 6.07) is 8.68. The van der Waals surface area contributed by atoms with Gasteiger partial charge in [0, 0.05) is 29.7 Å². The van der Waals surface area contributed by atoms with Gasteiger partial charge < -0.3 is 10.8 Å². The number of nitrogens with two attached hydrogens (primary N) is 1. The number of aryl methyl sites for hydroxylation is 1. The third-order valence-electron chi connectivity index (χ3n) is 3.52. The molecule has 0 saturated carbocycles. The highest BCUT2D eigenvalue weighted by Crippen LogP contribution is 2.30. The van der Waals surface area contributed by atoms with E-state index in [0.29, 0.717) is 17.1 Å². The van der Waals surface area contributed by atoms with E-state index in [4.69, 9.17) is 5.73 Å². The zero-order valence-electron chi connectivity index (χ0n) is 12.4. The Morgan fingerprint density at radius 2 is 2.00 bits per heavy atom. The second kappa shape index (κ2) is 5.84. The van der Waals surface area contributed by atoms with Crippen molar-refractivity contribution >= 4 is 11.7 Å². The van der Waals surface area contributed by atoms with Crippen molar-refractivity contribution in [2.75, 3.05) is 5.73 Å². The molecule has 0 aliphatic rings. The van der Waals surface area contributed by atoms with E-state index in [2.05, 4.69) is 15.0 Å². The van der Waals surface area contributed by atoms with Crippen LogP contribution in [0, 0.1) is 6.92 Å². The molecule has 0 radical (unpaired) electrons. The van der Waals surface area contributed by atoms with Gasteiger partial charge in [-0.15, -0.1) is 0 Å². The van der Waals surface area contributed by atoms with Crippen LogP contribution in [0.15, 0.2) is 48.9 Å². The number of nitrogen functional groups attached to an aromatic ring is 1. The van der Waals surface area contributed by atoms with E-state index < -0.39 is 5.97 Å². The van der Waals surface area contributed by atoms with Gasteiger partial charge in [-0.1, -0.05) is 6.07 Å². The van der Waals surface area contributed by atoms with Crippen LogP contribution in [-0.2, 0) is 0 Å². The fraction of sp³-hybridized carbons (Fsp3) is 0.0588. The molecule has 0 saturated heterocycles. The number of benzene rings is 1. The van der Waals surface area contributed by atoms with E-state index in [1.165, 1.54) is 6.07 Å². The average molecular weight is 306 g/mol. The molecule has 2 heterocycles. The summed E-state index contributed by atoms with van der Waals surface area (Å²) < 4.78 is 0. The molecule has 0 unspecified atom stereocenters. The largest absolute Gasteiger partial charge is 0.478 e. The average Bonchev–Trinajstić information content (AvgIpc) is 2.56. The van der Waals surface area contributed by atoms with Gasteiger partial charge in [-0.05, 0) is 36.8 Å². The second-order valence-corrected chi connectivity index (χ2v) is 5.03. The third kappa shape index (κ3) is 2.74. The van der Waals surface area contributed by atoms with Crippen LogP contribution in [0.25, 0.3) is 22.6 Å². The summed E-state index contributed by atoms with van der Waals surface area (Å²) in [7, 11) is 0. The molecule has 0 amide bonds. The minimum atomic E-state index is -1.08. The molecule has 3 N–H and O–H groups in total. The van der Waals surface area contributed by atoms with E-state index in [1.54, 1.807) is 30.7 Å². The summed E-state index contributed by atoms with van der Waals surface area (Å²) in [6.45, 7) is 1.84. The summed E-state index contributed by atoms with van der Waals surface area (Å²) in [5.74, 6) is -0.684. The molecule has 0 aliphatic heterocycles. The zero-order chi connectivity index (χ0) is 16.4. The molecule has 1 aromatic carbocycles. The topological polar surface area (TPSA) is 102 Å². The summed E-state index contributed by atoms with van der Waals surface area (Å²) in [5.41, 5.74) is 9.14. The second-order valence-electron chi connectivity index (χ2n) is 5.03.